The molecule has 16 heteroatoms. The molecule has 1 amide bonds. The summed E-state index contributed by atoms with van der Waals surface area (Å²) in [6.45, 7) is 11.5. The Kier molecular flexibility index (Phi) is 12.8. The number of rotatable bonds is 2. The van der Waals surface area contributed by atoms with Crippen LogP contribution >= 0.6 is 0 Å². The summed E-state index contributed by atoms with van der Waals surface area (Å²) in [5, 5.41) is 82.9. The molecule has 3 aliphatic heterocycles. The number of esters is 2. The fourth-order valence-electron chi connectivity index (χ4n) is 7.31. The monoisotopic (exact) mass is 785 g/mol. The Morgan fingerprint density at radius 1 is 0.875 bits per heavy atom. The van der Waals surface area contributed by atoms with Crippen LogP contribution in [0.3, 0.4) is 0 Å². The molecule has 9 atom stereocenters. The van der Waals surface area contributed by atoms with E-state index in [1.165, 1.54) is 73.6 Å². The number of methoxy groups -OCH3 is 1. The average Bonchev–Trinajstić information content (AvgIpc) is 3.13. The summed E-state index contributed by atoms with van der Waals surface area (Å²) in [6, 6.07) is 0. The molecule has 8 N–H and O–H groups in total. The first-order valence-electron chi connectivity index (χ1n) is 17.9. The van der Waals surface area contributed by atoms with Crippen molar-refractivity contribution in [2.75, 3.05) is 19.2 Å². The maximum Gasteiger partial charge on any atom is 0.313 e. The Hall–Kier alpha value is -4.84. The Morgan fingerprint density at radius 2 is 1.43 bits per heavy atom. The first-order valence-corrected chi connectivity index (χ1v) is 17.9. The van der Waals surface area contributed by atoms with Gasteiger partial charge in [-0.3, -0.25) is 19.2 Å². The molecule has 4 bridgehead atoms. The Bertz CT molecular complexity index is 1970. The predicted octanol–water partition coefficient (Wildman–Crippen LogP) is 2.22. The van der Waals surface area contributed by atoms with Gasteiger partial charge in [0.05, 0.1) is 48.3 Å². The number of aromatic hydroxyl groups is 1. The number of Topliss-reactive ketones (excluding diaryl/α,β-unsaturated/α-hetero) is 1. The van der Waals surface area contributed by atoms with Gasteiger partial charge in [0.1, 0.15) is 34.4 Å². The second-order valence-corrected chi connectivity index (χ2v) is 15.0. The number of allylic oxidation sites excluding steroid dienone is 5. The lowest BCUT2D eigenvalue weighted by molar-refractivity contribution is -0.171. The van der Waals surface area contributed by atoms with Crippen LogP contribution in [0.4, 0.5) is 5.69 Å². The minimum Gasteiger partial charge on any atom is -0.505 e. The number of amides is 1. The third-order valence-corrected chi connectivity index (χ3v) is 10.7. The van der Waals surface area contributed by atoms with Crippen LogP contribution in [-0.2, 0) is 28.6 Å². The van der Waals surface area contributed by atoms with Gasteiger partial charge in [-0.2, -0.15) is 0 Å². The zero-order valence-corrected chi connectivity index (χ0v) is 33.0. The van der Waals surface area contributed by atoms with Gasteiger partial charge in [-0.15, -0.1) is 0 Å². The van der Waals surface area contributed by atoms with Crippen molar-refractivity contribution in [1.82, 2.24) is 0 Å². The van der Waals surface area contributed by atoms with Crippen molar-refractivity contribution in [1.29, 1.82) is 0 Å². The molecule has 4 aliphatic rings. The molecular weight excluding hydrogens is 734 g/mol. The average molecular weight is 786 g/mol. The molecule has 0 aromatic heterocycles. The minimum absolute atomic E-state index is 0.00246. The van der Waals surface area contributed by atoms with Crippen LogP contribution in [0, 0.1) is 24.7 Å². The molecule has 1 aliphatic carbocycles. The lowest BCUT2D eigenvalue weighted by Crippen LogP contribution is -2.54. The summed E-state index contributed by atoms with van der Waals surface area (Å²) < 4.78 is 22.2. The number of carbonyl (C=O) groups excluding carboxylic acids is 4. The van der Waals surface area contributed by atoms with Crippen LogP contribution in [0.5, 0.6) is 11.5 Å². The number of phenols is 1. The van der Waals surface area contributed by atoms with Gasteiger partial charge in [0.15, 0.2) is 11.5 Å². The number of ether oxygens (including phenoxy) is 4. The van der Waals surface area contributed by atoms with Gasteiger partial charge in [-0.1, -0.05) is 32.1 Å². The number of hydrogen-bond donors (Lipinski definition) is 8. The second kappa shape index (κ2) is 16.3. The van der Waals surface area contributed by atoms with Crippen molar-refractivity contribution in [2.45, 2.75) is 97.9 Å². The van der Waals surface area contributed by atoms with Gasteiger partial charge in [-0.05, 0) is 53.2 Å². The number of anilines is 1. The largest absolute Gasteiger partial charge is 0.505 e. The van der Waals surface area contributed by atoms with Gasteiger partial charge in [-0.25, -0.2) is 0 Å². The summed E-state index contributed by atoms with van der Waals surface area (Å²) in [5.74, 6) is -8.84. The van der Waals surface area contributed by atoms with Crippen LogP contribution < -0.4 is 10.1 Å². The number of aliphatic hydroxyl groups excluding tert-OH is 4. The van der Waals surface area contributed by atoms with Gasteiger partial charge in [0.25, 0.3) is 5.91 Å². The van der Waals surface area contributed by atoms with Crippen LogP contribution in [0.25, 0.3) is 5.57 Å². The fraction of sp³-hybridized carbons (Fsp3) is 0.500. The topological polar surface area (TPSA) is 259 Å². The van der Waals surface area contributed by atoms with E-state index in [1.807, 2.05) is 0 Å². The standard InChI is InChI=1S/C40H51NO15/c1-16-12-11-13-39(8,51)35(47)20(5)29(44)26(38(50)53-10)30(45)21(6)36(48)40(9,52)14-17(2)32-25-23-24(28(43)19(4)33(25)55-15-54-32)31(46)27(41-37(16)49)18(3)34(23)56-22(7)42/h11-14,20-21,26,29-30,35-36,44-48,51-52H,15H2,1-10H3,(H,41,49)/b13-11-,16-12+,17-14+/t20-,21-,26+,29-,30+,35-,36+,39-,40+/m0/s1. The summed E-state index contributed by atoms with van der Waals surface area (Å²) in [4.78, 5) is 53.1. The molecule has 306 valence electrons. The molecule has 0 saturated heterocycles. The summed E-state index contributed by atoms with van der Waals surface area (Å²) in [6.07, 6.45) is -2.56. The van der Waals surface area contributed by atoms with Crippen LogP contribution in [0.15, 0.2) is 52.5 Å². The highest BCUT2D eigenvalue weighted by Gasteiger charge is 2.48. The second-order valence-electron chi connectivity index (χ2n) is 15.0. The molecule has 0 spiro atoms. The lowest BCUT2D eigenvalue weighted by Gasteiger charge is -2.40. The summed E-state index contributed by atoms with van der Waals surface area (Å²) in [5.41, 5.74) is -4.84. The molecular formula is C40H51NO15. The third kappa shape index (κ3) is 8.03. The van der Waals surface area contributed by atoms with Crippen LogP contribution in [0.2, 0.25) is 0 Å². The minimum atomic E-state index is -2.22. The van der Waals surface area contributed by atoms with E-state index in [9.17, 15) is 54.9 Å². The molecule has 0 fully saturated rings. The van der Waals surface area contributed by atoms with Gasteiger partial charge >= 0.3 is 11.9 Å². The van der Waals surface area contributed by atoms with Crippen molar-refractivity contribution in [3.8, 4) is 11.5 Å². The molecule has 0 saturated carbocycles. The van der Waals surface area contributed by atoms with Crippen molar-refractivity contribution < 1.29 is 73.9 Å². The predicted molar refractivity (Wildman–Crippen MR) is 200 cm³/mol. The Balaban J connectivity index is 2.08. The van der Waals surface area contributed by atoms with Gasteiger partial charge in [0.2, 0.25) is 6.79 Å². The number of ketones is 1. The van der Waals surface area contributed by atoms with E-state index < -0.39 is 89.5 Å². The number of carbonyl (C=O) groups is 4. The van der Waals surface area contributed by atoms with Gasteiger partial charge < -0.3 is 60.0 Å². The molecule has 1 aromatic rings. The SMILES string of the molecule is COC(=O)[C@H]1[C@H](O)[C@H](C)[C@@H](O)[C@](C)(O)/C=C(\C)C2=C3C(=C(C)C(=O)c4c(O)c(c(C)c(OC(C)=O)c43)NC(=O)/C(C)=C/C=C\[C@](C)(O)[C@@H](O)[C@@H](C)[C@@H]1O)OCO2. The van der Waals surface area contributed by atoms with E-state index in [1.54, 1.807) is 0 Å². The maximum atomic E-state index is 14.0. The van der Waals surface area contributed by atoms with E-state index in [4.69, 9.17) is 18.9 Å². The highest BCUT2D eigenvalue weighted by atomic mass is 16.7. The molecule has 1 aromatic carbocycles. The molecule has 3 heterocycles. The maximum absolute atomic E-state index is 14.0. The quantitative estimate of drug-likeness (QED) is 0.122. The number of fused-ring (bicyclic) bond motifs is 14. The first kappa shape index (κ1) is 43.9. The summed E-state index contributed by atoms with van der Waals surface area (Å²) in [7, 11) is 1.01. The number of hydrogen-bond acceptors (Lipinski definition) is 15. The zero-order valence-electron chi connectivity index (χ0n) is 33.0. The first-order chi connectivity index (χ1) is 25.9. The highest BCUT2D eigenvalue weighted by Crippen LogP contribution is 2.53. The van der Waals surface area contributed by atoms with Crippen molar-refractivity contribution >= 4 is 34.9 Å². The Morgan fingerprint density at radius 3 is 1.98 bits per heavy atom. The molecule has 56 heavy (non-hydrogen) atoms. The normalized spacial score (nSPS) is 34.2. The van der Waals surface area contributed by atoms with E-state index in [2.05, 4.69) is 5.32 Å². The van der Waals surface area contributed by atoms with Crippen molar-refractivity contribution in [3.63, 3.8) is 0 Å². The molecule has 0 radical (unpaired) electrons. The van der Waals surface area contributed by atoms with Crippen molar-refractivity contribution in [2.24, 2.45) is 17.8 Å². The Labute approximate surface area is 324 Å². The fourth-order valence-corrected chi connectivity index (χ4v) is 7.31. The lowest BCUT2D eigenvalue weighted by atomic mass is 9.74. The van der Waals surface area contributed by atoms with E-state index in [-0.39, 0.29) is 61.9 Å². The number of phenolic OH excluding ortho intramolecular Hbond substituents is 1. The van der Waals surface area contributed by atoms with E-state index >= 15 is 0 Å². The molecule has 5 rings (SSSR count). The van der Waals surface area contributed by atoms with E-state index in [0.29, 0.717) is 0 Å². The number of benzene rings is 1. The number of aliphatic hydroxyl groups is 6. The summed E-state index contributed by atoms with van der Waals surface area (Å²) >= 11 is 0. The van der Waals surface area contributed by atoms with E-state index in [0.717, 1.165) is 20.1 Å². The zero-order chi connectivity index (χ0) is 42.4. The van der Waals surface area contributed by atoms with Crippen molar-refractivity contribution in [3.05, 3.63) is 69.2 Å². The number of nitrogens with one attached hydrogen (secondary N) is 1. The van der Waals surface area contributed by atoms with Gasteiger partial charge in [0, 0.05) is 41.0 Å². The third-order valence-electron chi connectivity index (χ3n) is 10.7. The smallest absolute Gasteiger partial charge is 0.313 e. The molecule has 16 nitrogen and oxygen atoms in total. The molecule has 0 unspecified atom stereocenters. The highest BCUT2D eigenvalue weighted by molar-refractivity contribution is 6.21. The van der Waals surface area contributed by atoms with Crippen LogP contribution in [0.1, 0.15) is 76.9 Å². The van der Waals surface area contributed by atoms with Crippen LogP contribution in [-0.4, -0.2) is 109 Å².